The number of hydrogen-bond acceptors (Lipinski definition) is 9. The van der Waals surface area contributed by atoms with Crippen LogP contribution < -0.4 is 15.4 Å². The molecule has 10 rings (SSSR count). The van der Waals surface area contributed by atoms with Crippen molar-refractivity contribution in [2.45, 2.75) is 88.4 Å². The predicted molar refractivity (Wildman–Crippen MR) is 238 cm³/mol. The normalized spacial score (nSPS) is 22.2. The van der Waals surface area contributed by atoms with Gasteiger partial charge in [-0.15, -0.1) is 0 Å². The Morgan fingerprint density at radius 1 is 0.677 bits per heavy atom. The second-order valence-corrected chi connectivity index (χ2v) is 18.0. The molecule has 0 saturated carbocycles. The number of likely N-dealkylation sites (tertiary alicyclic amines) is 2. The Labute approximate surface area is 375 Å². The van der Waals surface area contributed by atoms with Crippen molar-refractivity contribution in [2.75, 3.05) is 39.5 Å². The van der Waals surface area contributed by atoms with Gasteiger partial charge in [-0.05, 0) is 92.2 Å². The second kappa shape index (κ2) is 17.8. The fraction of sp³-hybridized carbons (Fsp3) is 0.458. The summed E-state index contributed by atoms with van der Waals surface area (Å²) in [5, 5.41) is 26.4. The Hall–Kier alpha value is -6.46. The third kappa shape index (κ3) is 8.27. The van der Waals surface area contributed by atoms with Crippen molar-refractivity contribution in [3.8, 4) is 34.0 Å². The van der Waals surface area contributed by atoms with Crippen molar-refractivity contribution in [1.29, 1.82) is 0 Å². The van der Waals surface area contributed by atoms with E-state index in [0.717, 1.165) is 81.6 Å². The van der Waals surface area contributed by atoms with Crippen LogP contribution in [0, 0.1) is 11.8 Å². The molecule has 0 radical (unpaired) electrons. The van der Waals surface area contributed by atoms with Crippen LogP contribution in [0.3, 0.4) is 0 Å². The quantitative estimate of drug-likeness (QED) is 0.0814. The molecule has 5 atom stereocenters. The molecule has 0 spiro atoms. The van der Waals surface area contributed by atoms with Crippen molar-refractivity contribution in [3.05, 3.63) is 83.7 Å². The zero-order valence-corrected chi connectivity index (χ0v) is 36.3. The molecule has 17 heteroatoms. The highest BCUT2D eigenvalue weighted by Crippen LogP contribution is 2.48. The lowest BCUT2D eigenvalue weighted by Gasteiger charge is -2.33. The minimum atomic E-state index is -1.21. The summed E-state index contributed by atoms with van der Waals surface area (Å²) in [6.45, 7) is 5.28. The number of imidazole rings is 2. The highest BCUT2D eigenvalue weighted by atomic mass is 16.5. The first-order valence-corrected chi connectivity index (χ1v) is 22.9. The van der Waals surface area contributed by atoms with Crippen LogP contribution in [0.1, 0.15) is 99.1 Å². The van der Waals surface area contributed by atoms with Crippen LogP contribution in [0.4, 0.5) is 9.59 Å². The number of aromatic amines is 2. The first kappa shape index (κ1) is 42.5. The van der Waals surface area contributed by atoms with Crippen molar-refractivity contribution in [3.63, 3.8) is 0 Å². The third-order valence-electron chi connectivity index (χ3n) is 14.2. The molecule has 5 aliphatic heterocycles. The second-order valence-electron chi connectivity index (χ2n) is 18.0. The summed E-state index contributed by atoms with van der Waals surface area (Å²) in [5.74, 6) is 2.24. The van der Waals surface area contributed by atoms with Crippen molar-refractivity contribution in [2.24, 2.45) is 11.8 Å². The Bertz CT molecular complexity index is 2620. The van der Waals surface area contributed by atoms with Gasteiger partial charge < -0.3 is 54.8 Å². The van der Waals surface area contributed by atoms with E-state index >= 15 is 0 Å². The summed E-state index contributed by atoms with van der Waals surface area (Å²) in [6.07, 6.45) is 6.71. The molecule has 4 fully saturated rings. The highest BCUT2D eigenvalue weighted by Gasteiger charge is 2.42. The number of benzene rings is 3. The van der Waals surface area contributed by atoms with Gasteiger partial charge in [-0.3, -0.25) is 9.59 Å². The van der Waals surface area contributed by atoms with E-state index in [1.54, 1.807) is 22.2 Å². The van der Waals surface area contributed by atoms with Crippen LogP contribution >= 0.6 is 0 Å². The predicted octanol–water partition coefficient (Wildman–Crippen LogP) is 7.33. The monoisotopic (exact) mass is 886 g/mol. The van der Waals surface area contributed by atoms with Gasteiger partial charge in [0.15, 0.2) is 0 Å². The maximum atomic E-state index is 13.9. The number of nitrogens with zero attached hydrogens (tertiary/aromatic N) is 4. The third-order valence-corrected chi connectivity index (χ3v) is 14.2. The fourth-order valence-electron chi connectivity index (χ4n) is 10.9. The van der Waals surface area contributed by atoms with Gasteiger partial charge >= 0.3 is 12.2 Å². The minimum Gasteiger partial charge on any atom is -0.465 e. The number of nitrogens with one attached hydrogen (secondary N) is 4. The number of ether oxygens (including phenoxy) is 3. The van der Waals surface area contributed by atoms with Crippen LogP contribution in [-0.2, 0) is 19.1 Å². The molecular formula is C48H54N8O9. The Balaban J connectivity index is 0.845. The smallest absolute Gasteiger partial charge is 0.405 e. The molecule has 4 amide bonds. The Morgan fingerprint density at radius 3 is 1.74 bits per heavy atom. The molecule has 65 heavy (non-hydrogen) atoms. The number of rotatable bonds is 10. The van der Waals surface area contributed by atoms with Gasteiger partial charge in [0.2, 0.25) is 11.8 Å². The summed E-state index contributed by atoms with van der Waals surface area (Å²) >= 11 is 0. The van der Waals surface area contributed by atoms with Gasteiger partial charge in [0.25, 0.3) is 0 Å². The van der Waals surface area contributed by atoms with Gasteiger partial charge in [0.05, 0.1) is 35.9 Å². The molecule has 3 unspecified atom stereocenters. The molecule has 0 aliphatic carbocycles. The van der Waals surface area contributed by atoms with Gasteiger partial charge in [-0.25, -0.2) is 19.6 Å². The molecule has 5 aromatic rings. The molecular weight excluding hydrogens is 833 g/mol. The van der Waals surface area contributed by atoms with Gasteiger partial charge in [-0.2, -0.15) is 0 Å². The number of carboxylic acid groups (broad SMARTS) is 2. The van der Waals surface area contributed by atoms with Gasteiger partial charge in [0, 0.05) is 67.7 Å². The van der Waals surface area contributed by atoms with Gasteiger partial charge in [-0.1, -0.05) is 37.3 Å². The minimum absolute atomic E-state index is 0.0287. The Kier molecular flexibility index (Phi) is 11.7. The lowest BCUT2D eigenvalue weighted by Crippen LogP contribution is -2.52. The summed E-state index contributed by atoms with van der Waals surface area (Å²) in [5.41, 5.74) is 5.63. The topological polar surface area (TPSA) is 224 Å². The molecule has 4 saturated heterocycles. The molecule has 0 bridgehead atoms. The number of carbonyl (C=O) groups excluding carboxylic acids is 2. The standard InChI is InChI=1S/C48H54N8O9/c1-26-32-9-6-31(35-25-50-44(52-35)37-5-3-17-56(37)46(58)42(54-48(61)62)28-14-20-64-21-15-28)23-39(32)65-38-11-8-29-22-30(7-10-33(29)40(26)38)34-24-49-43(51-34)36-4-2-16-55(36)45(57)41(53-47(59)60)27-12-18-63-19-13-27/h6-11,22-28,36-37,41-42,53-54H,2-5,12-21H2,1H3,(H,49,51)(H,50,52)(H,59,60)(H,61,62)/t26?,36-,37-,41?,42?/m0/s1. The van der Waals surface area contributed by atoms with E-state index in [-0.39, 0.29) is 41.7 Å². The number of H-pyrrole nitrogens is 2. The van der Waals surface area contributed by atoms with E-state index in [9.17, 15) is 29.4 Å². The van der Waals surface area contributed by atoms with Crippen LogP contribution in [0.5, 0.6) is 11.5 Å². The first-order chi connectivity index (χ1) is 31.6. The zero-order chi connectivity index (χ0) is 44.8. The van der Waals surface area contributed by atoms with Crippen molar-refractivity contribution < 1.29 is 43.6 Å². The van der Waals surface area contributed by atoms with E-state index in [1.807, 2.05) is 12.1 Å². The van der Waals surface area contributed by atoms with Gasteiger partial charge in [0.1, 0.15) is 35.2 Å². The molecule has 7 heterocycles. The van der Waals surface area contributed by atoms with E-state index in [1.165, 1.54) is 0 Å². The average molecular weight is 887 g/mol. The van der Waals surface area contributed by atoms with E-state index < -0.39 is 24.3 Å². The number of fused-ring (bicyclic) bond motifs is 4. The fourth-order valence-corrected chi connectivity index (χ4v) is 10.9. The van der Waals surface area contributed by atoms with Crippen molar-refractivity contribution in [1.82, 2.24) is 40.4 Å². The number of hydrogen-bond donors (Lipinski definition) is 6. The van der Waals surface area contributed by atoms with Crippen LogP contribution in [0.15, 0.2) is 60.9 Å². The van der Waals surface area contributed by atoms with Crippen LogP contribution in [0.25, 0.3) is 33.3 Å². The number of aromatic nitrogens is 4. The zero-order valence-electron chi connectivity index (χ0n) is 36.3. The lowest BCUT2D eigenvalue weighted by atomic mass is 9.85. The van der Waals surface area contributed by atoms with Crippen LogP contribution in [-0.4, -0.2) is 116 Å². The maximum absolute atomic E-state index is 13.9. The SMILES string of the molecule is CC1c2ccc(-c3cnc([C@@H]4CCCN4C(=O)C(NC(=O)O)C4CCOCC4)[nH]3)cc2Oc2ccc3cc(-c4cnc([C@@H]5CCCN5C(=O)C(NC(=O)O)C5CCOCC5)[nH]4)ccc3c21. The summed E-state index contributed by atoms with van der Waals surface area (Å²) in [6, 6.07) is 14.3. The van der Waals surface area contributed by atoms with Crippen LogP contribution in [0.2, 0.25) is 0 Å². The highest BCUT2D eigenvalue weighted by molar-refractivity contribution is 5.93. The summed E-state index contributed by atoms with van der Waals surface area (Å²) in [4.78, 5) is 71.3. The lowest BCUT2D eigenvalue weighted by molar-refractivity contribution is -0.137. The summed E-state index contributed by atoms with van der Waals surface area (Å²) < 4.78 is 17.6. The number of amides is 4. The van der Waals surface area contributed by atoms with E-state index in [0.29, 0.717) is 76.8 Å². The first-order valence-electron chi connectivity index (χ1n) is 22.9. The number of carbonyl (C=O) groups is 4. The molecule has 2 aromatic heterocycles. The van der Waals surface area contributed by atoms with Crippen molar-refractivity contribution >= 4 is 34.8 Å². The molecule has 5 aliphatic rings. The van der Waals surface area contributed by atoms with E-state index in [2.05, 4.69) is 63.9 Å². The molecule has 17 nitrogen and oxygen atoms in total. The molecule has 340 valence electrons. The molecule has 3 aromatic carbocycles. The Morgan fingerprint density at radius 2 is 1.20 bits per heavy atom. The van der Waals surface area contributed by atoms with E-state index in [4.69, 9.17) is 24.2 Å². The largest absolute Gasteiger partial charge is 0.465 e. The maximum Gasteiger partial charge on any atom is 0.405 e. The average Bonchev–Trinajstić information content (AvgIpc) is 4.17. The molecule has 6 N–H and O–H groups in total. The summed E-state index contributed by atoms with van der Waals surface area (Å²) in [7, 11) is 0.